The van der Waals surface area contributed by atoms with Crippen LogP contribution >= 0.6 is 12.0 Å². The van der Waals surface area contributed by atoms with Gasteiger partial charge in [0.15, 0.2) is 0 Å². The van der Waals surface area contributed by atoms with Gasteiger partial charge in [-0.15, -0.1) is 0 Å². The normalized spacial score (nSPS) is 7.71. The number of hydrogen-bond acceptors (Lipinski definition) is 4. The van der Waals surface area contributed by atoms with E-state index in [1.807, 2.05) is 0 Å². The minimum absolute atomic E-state index is 0.660. The van der Waals surface area contributed by atoms with Crippen LogP contribution in [0.1, 0.15) is 0 Å². The smallest absolute Gasteiger partial charge is 0.437 e. The Morgan fingerprint density at radius 2 is 2.29 bits per heavy atom. The maximum atomic E-state index is 9.95. The van der Waals surface area contributed by atoms with Crippen LogP contribution in [0.25, 0.3) is 0 Å². The van der Waals surface area contributed by atoms with Crippen LogP contribution in [0.2, 0.25) is 0 Å². The van der Waals surface area contributed by atoms with E-state index in [9.17, 15) is 4.79 Å². The van der Waals surface area contributed by atoms with Crippen molar-refractivity contribution < 1.29 is 13.7 Å². The second-order valence-corrected chi connectivity index (χ2v) is 1.20. The quantitative estimate of drug-likeness (QED) is 0.384. The van der Waals surface area contributed by atoms with Crippen LogP contribution in [0.15, 0.2) is 0 Å². The molecule has 0 atom stereocenters. The summed E-state index contributed by atoms with van der Waals surface area (Å²) in [5, 5.41) is 0. The molecule has 0 fully saturated rings. The average Bonchev–Trinajstić information content (AvgIpc) is 1.68. The van der Waals surface area contributed by atoms with Crippen molar-refractivity contribution in [2.24, 2.45) is 0 Å². The van der Waals surface area contributed by atoms with Crippen molar-refractivity contribution in [3.63, 3.8) is 0 Å². The van der Waals surface area contributed by atoms with Gasteiger partial charge >= 0.3 is 6.16 Å². The van der Waals surface area contributed by atoms with Crippen LogP contribution < -0.4 is 0 Å². The number of rotatable bonds is 1. The number of carbonyl (C=O) groups excluding carboxylic acids is 1. The van der Waals surface area contributed by atoms with Crippen LogP contribution in [-0.2, 0) is 8.92 Å². The topological polar surface area (TPSA) is 35.5 Å². The van der Waals surface area contributed by atoms with E-state index in [1.54, 1.807) is 6.26 Å². The Morgan fingerprint density at radius 3 is 2.43 bits per heavy atom. The van der Waals surface area contributed by atoms with Crippen molar-refractivity contribution in [2.45, 2.75) is 0 Å². The summed E-state index contributed by atoms with van der Waals surface area (Å²) in [6.07, 6.45) is 0.976. The van der Waals surface area contributed by atoms with Gasteiger partial charge in [-0.25, -0.2) is 4.79 Å². The molecule has 0 N–H and O–H groups in total. The molecule has 0 amide bonds. The summed E-state index contributed by atoms with van der Waals surface area (Å²) in [7, 11) is 1.26. The largest absolute Gasteiger partial charge is 0.520 e. The molecule has 42 valence electrons. The molecule has 3 nitrogen and oxygen atoms in total. The summed E-state index contributed by atoms with van der Waals surface area (Å²) in [6, 6.07) is 0. The lowest BCUT2D eigenvalue weighted by Crippen LogP contribution is -1.96. The molecular weight excluding hydrogens is 116 g/mol. The van der Waals surface area contributed by atoms with Gasteiger partial charge in [0.2, 0.25) is 0 Å². The minimum atomic E-state index is -0.660. The van der Waals surface area contributed by atoms with Crippen molar-refractivity contribution in [3.05, 3.63) is 0 Å². The summed E-state index contributed by atoms with van der Waals surface area (Å²) in [5.74, 6) is 0. The Bertz CT molecular complexity index is 63.2. The third kappa shape index (κ3) is 3.45. The molecule has 4 heteroatoms. The Kier molecular flexibility index (Phi) is 3.59. The monoisotopic (exact) mass is 122 g/mol. The van der Waals surface area contributed by atoms with Gasteiger partial charge in [-0.3, -0.25) is 0 Å². The molecule has 0 aliphatic heterocycles. The molecule has 0 saturated heterocycles. The Labute approximate surface area is 46.2 Å². The van der Waals surface area contributed by atoms with Crippen LogP contribution in [0.5, 0.6) is 0 Å². The molecule has 0 unspecified atom stereocenters. The molecule has 0 aliphatic carbocycles. The highest BCUT2D eigenvalue weighted by Crippen LogP contribution is 1.95. The SMILES string of the molecule is COC(=O)OSC. The van der Waals surface area contributed by atoms with Gasteiger partial charge in [-0.1, -0.05) is 0 Å². The Balaban J connectivity index is 3.00. The van der Waals surface area contributed by atoms with Crippen molar-refractivity contribution in [2.75, 3.05) is 13.4 Å². The van der Waals surface area contributed by atoms with Crippen molar-refractivity contribution in [3.8, 4) is 0 Å². The Morgan fingerprint density at radius 1 is 1.71 bits per heavy atom. The fourth-order valence-electron chi connectivity index (χ4n) is 0.102. The van der Waals surface area contributed by atoms with E-state index in [4.69, 9.17) is 0 Å². The fourth-order valence-corrected chi connectivity index (χ4v) is 0.306. The highest BCUT2D eigenvalue weighted by molar-refractivity contribution is 7.94. The van der Waals surface area contributed by atoms with Gasteiger partial charge in [-0.05, 0) is 0 Å². The van der Waals surface area contributed by atoms with E-state index in [0.29, 0.717) is 0 Å². The highest BCUT2D eigenvalue weighted by atomic mass is 32.2. The van der Waals surface area contributed by atoms with E-state index in [0.717, 1.165) is 12.0 Å². The van der Waals surface area contributed by atoms with E-state index < -0.39 is 6.16 Å². The first-order chi connectivity index (χ1) is 3.31. The first-order valence-electron chi connectivity index (χ1n) is 1.60. The second kappa shape index (κ2) is 3.80. The third-order valence-corrected chi connectivity index (χ3v) is 0.621. The summed E-state index contributed by atoms with van der Waals surface area (Å²) in [6.45, 7) is 0. The molecule has 0 spiro atoms. The minimum Gasteiger partial charge on any atom is -0.437 e. The van der Waals surface area contributed by atoms with Gasteiger partial charge in [0.25, 0.3) is 0 Å². The van der Waals surface area contributed by atoms with Gasteiger partial charge in [0, 0.05) is 6.26 Å². The summed E-state index contributed by atoms with van der Waals surface area (Å²) in [4.78, 5) is 9.95. The lowest BCUT2D eigenvalue weighted by molar-refractivity contribution is 0.129. The summed E-state index contributed by atoms with van der Waals surface area (Å²) in [5.41, 5.74) is 0. The number of methoxy groups -OCH3 is 1. The van der Waals surface area contributed by atoms with Crippen LogP contribution in [0, 0.1) is 0 Å². The molecule has 0 aromatic heterocycles. The van der Waals surface area contributed by atoms with E-state index in [2.05, 4.69) is 8.92 Å². The van der Waals surface area contributed by atoms with Crippen molar-refractivity contribution in [1.82, 2.24) is 0 Å². The van der Waals surface area contributed by atoms with E-state index in [-0.39, 0.29) is 0 Å². The standard InChI is InChI=1S/C3H6O3S/c1-5-3(4)6-7-2/h1-2H3. The molecule has 0 heterocycles. The fraction of sp³-hybridized carbons (Fsp3) is 0.667. The van der Waals surface area contributed by atoms with Crippen LogP contribution in [0.3, 0.4) is 0 Å². The van der Waals surface area contributed by atoms with Crippen LogP contribution in [0.4, 0.5) is 4.79 Å². The third-order valence-electron chi connectivity index (χ3n) is 0.318. The molecule has 0 aromatic rings. The summed E-state index contributed by atoms with van der Waals surface area (Å²) >= 11 is 0.960. The lowest BCUT2D eigenvalue weighted by Gasteiger charge is -1.92. The maximum absolute atomic E-state index is 9.95. The predicted octanol–water partition coefficient (Wildman–Crippen LogP) is 1.05. The molecule has 7 heavy (non-hydrogen) atoms. The average molecular weight is 122 g/mol. The van der Waals surface area contributed by atoms with Crippen molar-refractivity contribution >= 4 is 18.2 Å². The van der Waals surface area contributed by atoms with Gasteiger partial charge in [-0.2, -0.15) is 0 Å². The van der Waals surface area contributed by atoms with E-state index >= 15 is 0 Å². The number of carbonyl (C=O) groups is 1. The molecule has 0 aliphatic rings. The molecule has 0 aromatic carbocycles. The maximum Gasteiger partial charge on any atom is 0.520 e. The number of hydrogen-bond donors (Lipinski definition) is 0. The zero-order valence-corrected chi connectivity index (χ0v) is 4.95. The first-order valence-corrected chi connectivity index (χ1v) is 2.75. The van der Waals surface area contributed by atoms with Crippen LogP contribution in [-0.4, -0.2) is 19.5 Å². The highest BCUT2D eigenvalue weighted by Gasteiger charge is 1.94. The summed E-state index contributed by atoms with van der Waals surface area (Å²) < 4.78 is 8.36. The second-order valence-electron chi connectivity index (χ2n) is 0.704. The van der Waals surface area contributed by atoms with Gasteiger partial charge < -0.3 is 8.92 Å². The zero-order valence-electron chi connectivity index (χ0n) is 4.13. The Hall–Kier alpha value is -0.380. The van der Waals surface area contributed by atoms with Gasteiger partial charge in [0.1, 0.15) is 0 Å². The number of ether oxygens (including phenoxy) is 1. The first kappa shape index (κ1) is 6.62. The molecule has 0 bridgehead atoms. The van der Waals surface area contributed by atoms with Gasteiger partial charge in [0.05, 0.1) is 19.2 Å². The van der Waals surface area contributed by atoms with Crippen molar-refractivity contribution in [1.29, 1.82) is 0 Å². The molecular formula is C3H6O3S. The molecule has 0 radical (unpaired) electrons. The zero-order chi connectivity index (χ0) is 5.70. The lowest BCUT2D eigenvalue weighted by atomic mass is 11.4. The molecule has 0 saturated carbocycles. The predicted molar refractivity (Wildman–Crippen MR) is 27.0 cm³/mol. The molecule has 0 rings (SSSR count). The van der Waals surface area contributed by atoms with E-state index in [1.165, 1.54) is 7.11 Å².